The van der Waals surface area contributed by atoms with Gasteiger partial charge in [0.1, 0.15) is 23.9 Å². The van der Waals surface area contributed by atoms with E-state index >= 15 is 0 Å². The molecule has 1 heterocycles. The van der Waals surface area contributed by atoms with Gasteiger partial charge in [0.15, 0.2) is 0 Å². The van der Waals surface area contributed by atoms with Crippen molar-refractivity contribution in [1.29, 1.82) is 0 Å². The summed E-state index contributed by atoms with van der Waals surface area (Å²) < 4.78 is 24.5. The summed E-state index contributed by atoms with van der Waals surface area (Å²) in [6.07, 6.45) is 1.76. The lowest BCUT2D eigenvalue weighted by molar-refractivity contribution is -0.114. The number of anilines is 1. The van der Waals surface area contributed by atoms with Crippen LogP contribution < -0.4 is 14.5 Å². The van der Waals surface area contributed by atoms with Crippen molar-refractivity contribution in [2.24, 2.45) is 5.10 Å². The van der Waals surface area contributed by atoms with Crippen molar-refractivity contribution >= 4 is 23.4 Å². The lowest BCUT2D eigenvalue weighted by Gasteiger charge is -2.13. The molecule has 1 amide bonds. The van der Waals surface area contributed by atoms with Gasteiger partial charge >= 0.3 is 0 Å². The summed E-state index contributed by atoms with van der Waals surface area (Å²) in [6.45, 7) is 2.06. The van der Waals surface area contributed by atoms with E-state index < -0.39 is 0 Å². The van der Waals surface area contributed by atoms with E-state index in [0.29, 0.717) is 34.0 Å². The van der Waals surface area contributed by atoms with Crippen LogP contribution in [0.25, 0.3) is 6.08 Å². The maximum absolute atomic E-state index is 13.1. The van der Waals surface area contributed by atoms with Gasteiger partial charge in [0.05, 0.1) is 24.1 Å². The summed E-state index contributed by atoms with van der Waals surface area (Å²) in [7, 11) is 1.58. The summed E-state index contributed by atoms with van der Waals surface area (Å²) in [5, 5.41) is 5.81. The molecule has 0 bridgehead atoms. The molecule has 156 valence electrons. The minimum absolute atomic E-state index is 0.212. The molecule has 1 aliphatic heterocycles. The van der Waals surface area contributed by atoms with Gasteiger partial charge in [-0.25, -0.2) is 4.39 Å². The van der Waals surface area contributed by atoms with E-state index in [2.05, 4.69) is 5.10 Å². The number of para-hydroxylation sites is 1. The zero-order valence-electron chi connectivity index (χ0n) is 17.2. The van der Waals surface area contributed by atoms with Crippen LogP contribution >= 0.6 is 0 Å². The Labute approximate surface area is 180 Å². The highest BCUT2D eigenvalue weighted by molar-refractivity contribution is 6.32. The molecule has 0 radical (unpaired) electrons. The molecule has 0 atom stereocenters. The Bertz CT molecular complexity index is 1160. The van der Waals surface area contributed by atoms with Gasteiger partial charge in [-0.3, -0.25) is 4.79 Å². The van der Waals surface area contributed by atoms with E-state index in [-0.39, 0.29) is 18.3 Å². The average molecular weight is 416 g/mol. The molecule has 6 heteroatoms. The fraction of sp³-hybridized carbons (Fsp3) is 0.120. The highest BCUT2D eigenvalue weighted by Crippen LogP contribution is 2.30. The van der Waals surface area contributed by atoms with Crippen molar-refractivity contribution in [2.45, 2.75) is 13.5 Å². The largest absolute Gasteiger partial charge is 0.497 e. The molecule has 31 heavy (non-hydrogen) atoms. The summed E-state index contributed by atoms with van der Waals surface area (Å²) in [4.78, 5) is 13.0. The summed E-state index contributed by atoms with van der Waals surface area (Å²) in [5.41, 5.74) is 3.31. The maximum Gasteiger partial charge on any atom is 0.280 e. The first-order valence-electron chi connectivity index (χ1n) is 9.77. The van der Waals surface area contributed by atoms with Crippen LogP contribution in [0.15, 0.2) is 83.5 Å². The number of ether oxygens (including phenoxy) is 2. The molecule has 0 N–H and O–H groups in total. The molecular formula is C25H21FN2O3. The predicted octanol–water partition coefficient (Wildman–Crippen LogP) is 5.22. The van der Waals surface area contributed by atoms with E-state index in [4.69, 9.17) is 9.47 Å². The predicted molar refractivity (Wildman–Crippen MR) is 119 cm³/mol. The smallest absolute Gasteiger partial charge is 0.280 e. The third-order valence-corrected chi connectivity index (χ3v) is 4.89. The Morgan fingerprint density at radius 1 is 1.03 bits per heavy atom. The van der Waals surface area contributed by atoms with Crippen molar-refractivity contribution in [3.8, 4) is 11.5 Å². The van der Waals surface area contributed by atoms with Gasteiger partial charge in [-0.15, -0.1) is 0 Å². The van der Waals surface area contributed by atoms with Crippen LogP contribution in [0.5, 0.6) is 11.5 Å². The van der Waals surface area contributed by atoms with Crippen molar-refractivity contribution in [3.05, 3.63) is 95.3 Å². The van der Waals surface area contributed by atoms with E-state index in [0.717, 1.165) is 5.56 Å². The standard InChI is InChI=1S/C25H21FN2O3/c1-17-23(25(29)28(27-17)21-6-4-3-5-7-21)15-19-14-22(30-2)12-13-24(19)31-16-18-8-10-20(26)11-9-18/h3-15H,16H2,1-2H3/b23-15-. The number of nitrogens with zero attached hydrogens (tertiary/aromatic N) is 2. The first kappa shape index (κ1) is 20.3. The second-order valence-electron chi connectivity index (χ2n) is 7.01. The monoisotopic (exact) mass is 416 g/mol. The zero-order chi connectivity index (χ0) is 21.8. The van der Waals surface area contributed by atoms with Gasteiger partial charge in [0.25, 0.3) is 5.91 Å². The second kappa shape index (κ2) is 8.83. The van der Waals surface area contributed by atoms with Crippen LogP contribution in [0.4, 0.5) is 10.1 Å². The Kier molecular flexibility index (Phi) is 5.80. The van der Waals surface area contributed by atoms with Gasteiger partial charge in [-0.2, -0.15) is 10.1 Å². The van der Waals surface area contributed by atoms with Crippen LogP contribution in [-0.2, 0) is 11.4 Å². The third kappa shape index (κ3) is 4.48. The highest BCUT2D eigenvalue weighted by atomic mass is 19.1. The molecule has 0 saturated carbocycles. The molecule has 0 saturated heterocycles. The van der Waals surface area contributed by atoms with Gasteiger partial charge in [-0.1, -0.05) is 30.3 Å². The second-order valence-corrected chi connectivity index (χ2v) is 7.01. The van der Waals surface area contributed by atoms with Crippen LogP contribution in [0.1, 0.15) is 18.1 Å². The first-order chi connectivity index (χ1) is 15.0. The highest BCUT2D eigenvalue weighted by Gasteiger charge is 2.29. The van der Waals surface area contributed by atoms with Gasteiger partial charge < -0.3 is 9.47 Å². The molecular weight excluding hydrogens is 395 g/mol. The number of amides is 1. The normalized spacial score (nSPS) is 14.7. The number of hydrogen-bond acceptors (Lipinski definition) is 4. The number of carbonyl (C=O) groups excluding carboxylic acids is 1. The van der Waals surface area contributed by atoms with E-state index in [1.165, 1.54) is 17.1 Å². The van der Waals surface area contributed by atoms with Crippen LogP contribution in [-0.4, -0.2) is 18.7 Å². The Morgan fingerprint density at radius 3 is 2.48 bits per heavy atom. The fourth-order valence-electron chi connectivity index (χ4n) is 3.22. The quantitative estimate of drug-likeness (QED) is 0.518. The van der Waals surface area contributed by atoms with E-state index in [1.807, 2.05) is 30.3 Å². The minimum atomic E-state index is -0.295. The van der Waals surface area contributed by atoms with E-state index in [1.54, 1.807) is 50.4 Å². The van der Waals surface area contributed by atoms with Crippen molar-refractivity contribution in [1.82, 2.24) is 0 Å². The molecule has 0 aliphatic carbocycles. The lowest BCUT2D eigenvalue weighted by atomic mass is 10.1. The molecule has 0 aromatic heterocycles. The lowest BCUT2D eigenvalue weighted by Crippen LogP contribution is -2.21. The number of methoxy groups -OCH3 is 1. The Hall–Kier alpha value is -3.93. The molecule has 1 aliphatic rings. The number of halogens is 1. The number of benzene rings is 3. The van der Waals surface area contributed by atoms with Crippen molar-refractivity contribution in [3.63, 3.8) is 0 Å². The van der Waals surface area contributed by atoms with Crippen LogP contribution in [0.3, 0.4) is 0 Å². The summed E-state index contributed by atoms with van der Waals surface area (Å²) >= 11 is 0. The number of hydrogen-bond donors (Lipinski definition) is 0. The Balaban J connectivity index is 1.63. The molecule has 5 nitrogen and oxygen atoms in total. The van der Waals surface area contributed by atoms with Crippen molar-refractivity contribution < 1.29 is 18.7 Å². The SMILES string of the molecule is COc1ccc(OCc2ccc(F)cc2)c(/C=C2\C(=O)N(c3ccccc3)N=C2C)c1. The molecule has 0 unspecified atom stereocenters. The zero-order valence-corrected chi connectivity index (χ0v) is 17.2. The average Bonchev–Trinajstić information content (AvgIpc) is 3.08. The van der Waals surface area contributed by atoms with Gasteiger partial charge in [0, 0.05) is 5.56 Å². The van der Waals surface area contributed by atoms with Gasteiger partial charge in [0.2, 0.25) is 0 Å². The minimum Gasteiger partial charge on any atom is -0.497 e. The molecule has 4 rings (SSSR count). The molecule has 0 fully saturated rings. The maximum atomic E-state index is 13.1. The Morgan fingerprint density at radius 2 is 1.77 bits per heavy atom. The number of carbonyl (C=O) groups is 1. The van der Waals surface area contributed by atoms with Gasteiger partial charge in [-0.05, 0) is 61.0 Å². The van der Waals surface area contributed by atoms with Crippen LogP contribution in [0.2, 0.25) is 0 Å². The third-order valence-electron chi connectivity index (χ3n) is 4.89. The number of hydrazone groups is 1. The summed E-state index contributed by atoms with van der Waals surface area (Å²) in [5.74, 6) is 0.712. The van der Waals surface area contributed by atoms with Crippen molar-refractivity contribution in [2.75, 3.05) is 12.1 Å². The fourth-order valence-corrected chi connectivity index (χ4v) is 3.22. The molecule has 3 aromatic rings. The van der Waals surface area contributed by atoms with E-state index in [9.17, 15) is 9.18 Å². The molecule has 0 spiro atoms. The van der Waals surface area contributed by atoms with Crippen LogP contribution in [0, 0.1) is 5.82 Å². The first-order valence-corrected chi connectivity index (χ1v) is 9.77. The molecule has 3 aromatic carbocycles. The summed E-state index contributed by atoms with van der Waals surface area (Å²) in [6, 6.07) is 20.8. The topological polar surface area (TPSA) is 51.1 Å². The number of rotatable bonds is 6.